The Morgan fingerprint density at radius 1 is 1.15 bits per heavy atom. The summed E-state index contributed by atoms with van der Waals surface area (Å²) < 4.78 is 11.1. The third-order valence-electron chi connectivity index (χ3n) is 2.61. The molecule has 0 fully saturated rings. The quantitative estimate of drug-likeness (QED) is 0.670. The number of benzene rings is 1. The summed E-state index contributed by atoms with van der Waals surface area (Å²) in [6.45, 7) is 5.16. The first kappa shape index (κ1) is 16.7. The van der Waals surface area contributed by atoms with E-state index < -0.39 is 5.97 Å². The van der Waals surface area contributed by atoms with Crippen LogP contribution in [0.2, 0.25) is 0 Å². The Hall–Kier alpha value is -1.36. The highest BCUT2D eigenvalue weighted by Crippen LogP contribution is 2.19. The van der Waals surface area contributed by atoms with Crippen LogP contribution in [0.4, 0.5) is 0 Å². The molecule has 0 aliphatic rings. The van der Waals surface area contributed by atoms with Gasteiger partial charge in [0.15, 0.2) is 0 Å². The molecule has 5 heteroatoms. The first-order chi connectivity index (χ1) is 9.67. The van der Waals surface area contributed by atoms with E-state index in [-0.39, 0.29) is 5.25 Å². The van der Waals surface area contributed by atoms with Crippen molar-refractivity contribution in [3.63, 3.8) is 0 Å². The van der Waals surface area contributed by atoms with Gasteiger partial charge in [0.1, 0.15) is 16.7 Å². The fourth-order valence-corrected chi connectivity index (χ4v) is 2.41. The zero-order valence-corrected chi connectivity index (χ0v) is 12.8. The van der Waals surface area contributed by atoms with E-state index in [1.807, 2.05) is 31.2 Å². The van der Waals surface area contributed by atoms with Crippen molar-refractivity contribution < 1.29 is 19.4 Å². The highest BCUT2D eigenvalue weighted by molar-refractivity contribution is 8.00. The van der Waals surface area contributed by atoms with Crippen LogP contribution in [0.3, 0.4) is 0 Å². The Kier molecular flexibility index (Phi) is 7.95. The van der Waals surface area contributed by atoms with Gasteiger partial charge in [0.2, 0.25) is 0 Å². The van der Waals surface area contributed by atoms with Gasteiger partial charge < -0.3 is 14.6 Å². The van der Waals surface area contributed by atoms with Crippen LogP contribution >= 0.6 is 11.8 Å². The topological polar surface area (TPSA) is 55.8 Å². The van der Waals surface area contributed by atoms with Gasteiger partial charge >= 0.3 is 5.97 Å². The Labute approximate surface area is 124 Å². The van der Waals surface area contributed by atoms with Crippen LogP contribution in [0, 0.1) is 0 Å². The number of hydrogen-bond acceptors (Lipinski definition) is 4. The molecule has 0 saturated carbocycles. The van der Waals surface area contributed by atoms with E-state index in [2.05, 4.69) is 6.92 Å². The van der Waals surface area contributed by atoms with Gasteiger partial charge in [0, 0.05) is 5.75 Å². The number of carboxylic acid groups (broad SMARTS) is 1. The molecule has 0 aliphatic heterocycles. The van der Waals surface area contributed by atoms with Gasteiger partial charge in [0.05, 0.1) is 13.2 Å². The van der Waals surface area contributed by atoms with Crippen LogP contribution in [-0.4, -0.2) is 35.3 Å². The minimum Gasteiger partial charge on any atom is -0.494 e. The lowest BCUT2D eigenvalue weighted by Crippen LogP contribution is -2.16. The molecule has 1 N–H and O–H groups in total. The van der Waals surface area contributed by atoms with Crippen molar-refractivity contribution in [1.82, 2.24) is 0 Å². The first-order valence-electron chi connectivity index (χ1n) is 6.87. The van der Waals surface area contributed by atoms with Crippen LogP contribution in [0.5, 0.6) is 11.5 Å². The Balaban J connectivity index is 2.26. The molecule has 4 nitrogen and oxygen atoms in total. The number of hydrogen-bond donors (Lipinski definition) is 1. The van der Waals surface area contributed by atoms with E-state index in [1.165, 1.54) is 11.8 Å². The van der Waals surface area contributed by atoms with Gasteiger partial charge in [-0.2, -0.15) is 0 Å². The molecule has 0 aliphatic carbocycles. The van der Waals surface area contributed by atoms with Gasteiger partial charge in [-0.3, -0.25) is 4.79 Å². The predicted octanol–water partition coefficient (Wildman–Crippen LogP) is 3.45. The molecule has 0 radical (unpaired) electrons. The number of ether oxygens (including phenoxy) is 2. The summed E-state index contributed by atoms with van der Waals surface area (Å²) in [4.78, 5) is 10.8. The number of rotatable bonds is 10. The minimum absolute atomic E-state index is 0.344. The van der Waals surface area contributed by atoms with Gasteiger partial charge in [-0.05, 0) is 37.1 Å². The van der Waals surface area contributed by atoms with Crippen molar-refractivity contribution in [3.05, 3.63) is 24.3 Å². The minimum atomic E-state index is -0.755. The fourth-order valence-electron chi connectivity index (χ4n) is 1.57. The summed E-state index contributed by atoms with van der Waals surface area (Å²) in [5, 5.41) is 8.57. The van der Waals surface area contributed by atoms with Crippen LogP contribution < -0.4 is 9.47 Å². The largest absolute Gasteiger partial charge is 0.494 e. The van der Waals surface area contributed by atoms with Crippen LogP contribution in [0.1, 0.15) is 26.7 Å². The third kappa shape index (κ3) is 6.19. The molecule has 1 aromatic carbocycles. The van der Waals surface area contributed by atoms with Crippen LogP contribution in [-0.2, 0) is 4.79 Å². The van der Waals surface area contributed by atoms with E-state index in [9.17, 15) is 4.79 Å². The van der Waals surface area contributed by atoms with E-state index in [0.717, 1.165) is 17.9 Å². The molecule has 1 atom stereocenters. The number of carboxylic acids is 1. The number of thioether (sulfide) groups is 1. The SMILES string of the molecule is CCCOc1ccc(OCCSC(CC)C(=O)O)cc1. The normalized spacial score (nSPS) is 11.9. The second kappa shape index (κ2) is 9.53. The molecular weight excluding hydrogens is 276 g/mol. The molecule has 0 spiro atoms. The standard InChI is InChI=1S/C15H22O4S/c1-3-9-18-12-5-7-13(8-6-12)19-10-11-20-14(4-2)15(16)17/h5-8,14H,3-4,9-11H2,1-2H3,(H,16,17). The highest BCUT2D eigenvalue weighted by Gasteiger charge is 2.14. The van der Waals surface area contributed by atoms with E-state index in [0.29, 0.717) is 25.4 Å². The average Bonchev–Trinajstić information content (AvgIpc) is 2.46. The summed E-state index contributed by atoms with van der Waals surface area (Å²) in [6, 6.07) is 7.49. The predicted molar refractivity (Wildman–Crippen MR) is 81.9 cm³/mol. The van der Waals surface area contributed by atoms with Gasteiger partial charge in [-0.25, -0.2) is 0 Å². The van der Waals surface area contributed by atoms with E-state index in [1.54, 1.807) is 0 Å². The molecule has 0 saturated heterocycles. The van der Waals surface area contributed by atoms with Gasteiger partial charge in [-0.15, -0.1) is 11.8 Å². The van der Waals surface area contributed by atoms with Gasteiger partial charge in [0.25, 0.3) is 0 Å². The second-order valence-electron chi connectivity index (χ2n) is 4.27. The van der Waals surface area contributed by atoms with Gasteiger partial charge in [-0.1, -0.05) is 13.8 Å². The zero-order chi connectivity index (χ0) is 14.8. The first-order valence-corrected chi connectivity index (χ1v) is 7.92. The molecule has 1 unspecified atom stereocenters. The van der Waals surface area contributed by atoms with Crippen molar-refractivity contribution in [2.45, 2.75) is 31.9 Å². The molecule has 112 valence electrons. The fraction of sp³-hybridized carbons (Fsp3) is 0.533. The highest BCUT2D eigenvalue weighted by atomic mass is 32.2. The Morgan fingerprint density at radius 3 is 2.15 bits per heavy atom. The summed E-state index contributed by atoms with van der Waals surface area (Å²) >= 11 is 1.41. The summed E-state index contributed by atoms with van der Waals surface area (Å²) in [6.07, 6.45) is 1.61. The molecule has 0 bridgehead atoms. The smallest absolute Gasteiger partial charge is 0.316 e. The summed E-state index contributed by atoms with van der Waals surface area (Å²) in [5.41, 5.74) is 0. The maximum absolute atomic E-state index is 10.8. The van der Waals surface area contributed by atoms with Crippen molar-refractivity contribution >= 4 is 17.7 Å². The molecule has 0 amide bonds. The Bertz CT molecular complexity index is 391. The van der Waals surface area contributed by atoms with Crippen LogP contribution in [0.25, 0.3) is 0 Å². The summed E-state index contributed by atoms with van der Waals surface area (Å²) in [7, 11) is 0. The second-order valence-corrected chi connectivity index (χ2v) is 5.58. The molecule has 20 heavy (non-hydrogen) atoms. The lowest BCUT2D eigenvalue weighted by molar-refractivity contribution is -0.136. The molecule has 1 aromatic rings. The summed E-state index contributed by atoms with van der Waals surface area (Å²) in [5.74, 6) is 1.53. The number of aliphatic carboxylic acids is 1. The molecule has 1 rings (SSSR count). The van der Waals surface area contributed by atoms with E-state index >= 15 is 0 Å². The van der Waals surface area contributed by atoms with Crippen molar-refractivity contribution in [3.8, 4) is 11.5 Å². The van der Waals surface area contributed by atoms with Crippen LogP contribution in [0.15, 0.2) is 24.3 Å². The number of carbonyl (C=O) groups is 1. The van der Waals surface area contributed by atoms with E-state index in [4.69, 9.17) is 14.6 Å². The Morgan fingerprint density at radius 2 is 1.70 bits per heavy atom. The zero-order valence-electron chi connectivity index (χ0n) is 12.0. The molecular formula is C15H22O4S. The monoisotopic (exact) mass is 298 g/mol. The maximum Gasteiger partial charge on any atom is 0.316 e. The maximum atomic E-state index is 10.8. The third-order valence-corrected chi connectivity index (χ3v) is 3.95. The van der Waals surface area contributed by atoms with Crippen molar-refractivity contribution in [1.29, 1.82) is 0 Å². The van der Waals surface area contributed by atoms with Crippen molar-refractivity contribution in [2.75, 3.05) is 19.0 Å². The lowest BCUT2D eigenvalue weighted by Gasteiger charge is -2.10. The molecule has 0 aromatic heterocycles. The molecule has 0 heterocycles. The lowest BCUT2D eigenvalue weighted by atomic mass is 10.3. The van der Waals surface area contributed by atoms with Crippen molar-refractivity contribution in [2.24, 2.45) is 0 Å². The average molecular weight is 298 g/mol.